The Morgan fingerprint density at radius 3 is 2.25 bits per heavy atom. The fraction of sp³-hybridized carbons (Fsp3) is 0.483. The molecule has 0 spiro atoms. The Kier molecular flexibility index (Phi) is 8.69. The van der Waals surface area contributed by atoms with E-state index in [1.54, 1.807) is 17.1 Å². The summed E-state index contributed by atoms with van der Waals surface area (Å²) in [6.45, 7) is 16.4. The second kappa shape index (κ2) is 11.4. The van der Waals surface area contributed by atoms with Gasteiger partial charge in [-0.15, -0.1) is 0 Å². The molecule has 0 unspecified atom stereocenters. The average Bonchev–Trinajstić information content (AvgIpc) is 3.23. The number of carbonyl (C=O) groups is 1. The topological polar surface area (TPSA) is 83.3 Å². The number of benzene rings is 1. The van der Waals surface area contributed by atoms with E-state index in [0.717, 1.165) is 43.0 Å². The zero-order valence-electron chi connectivity index (χ0n) is 22.8. The van der Waals surface area contributed by atoms with E-state index >= 15 is 0 Å². The van der Waals surface area contributed by atoms with E-state index < -0.39 is 5.60 Å². The second-order valence-corrected chi connectivity index (χ2v) is 10.4. The second-order valence-electron chi connectivity index (χ2n) is 10.4. The molecule has 7 heteroatoms. The molecule has 7 nitrogen and oxygen atoms in total. The van der Waals surface area contributed by atoms with Gasteiger partial charge in [-0.05, 0) is 77.9 Å². The number of aromatic nitrogens is 3. The molecule has 3 aromatic rings. The van der Waals surface area contributed by atoms with Crippen molar-refractivity contribution < 1.29 is 9.90 Å². The molecule has 1 aliphatic heterocycles. The third-order valence-electron chi connectivity index (χ3n) is 6.74. The Labute approximate surface area is 215 Å². The minimum atomic E-state index is -0.680. The van der Waals surface area contributed by atoms with E-state index in [-0.39, 0.29) is 11.3 Å². The lowest BCUT2D eigenvalue weighted by Gasteiger charge is -2.40. The average molecular weight is 492 g/mol. The van der Waals surface area contributed by atoms with Gasteiger partial charge in [-0.1, -0.05) is 38.5 Å². The first kappa shape index (κ1) is 27.6. The van der Waals surface area contributed by atoms with Crippen LogP contribution < -0.4 is 5.32 Å². The number of aliphatic hydroxyl groups is 1. The highest BCUT2D eigenvalue weighted by Gasteiger charge is 2.34. The van der Waals surface area contributed by atoms with Crippen molar-refractivity contribution in [3.63, 3.8) is 0 Å². The predicted octanol–water partition coefficient (Wildman–Crippen LogP) is 5.29. The Morgan fingerprint density at radius 1 is 1.06 bits per heavy atom. The van der Waals surface area contributed by atoms with Gasteiger partial charge in [0, 0.05) is 17.7 Å². The Balaban J connectivity index is 0.00000176. The molecule has 0 aliphatic carbocycles. The lowest BCUT2D eigenvalue weighted by atomic mass is 9.77. The SMILES string of the molecule is CC.Cc1ccc(-n2ncc(C(=O)Nc3ccc(C4(C)CCN(CC(C)(C)O)CC4)nc3)c2C)cc1. The van der Waals surface area contributed by atoms with Crippen molar-refractivity contribution in [2.75, 3.05) is 25.0 Å². The number of nitrogens with zero attached hydrogens (tertiary/aromatic N) is 4. The minimum absolute atomic E-state index is 0.00952. The molecule has 194 valence electrons. The lowest BCUT2D eigenvalue weighted by molar-refractivity contribution is 0.0218. The Hall–Kier alpha value is -3.03. The van der Waals surface area contributed by atoms with Gasteiger partial charge in [0.25, 0.3) is 5.91 Å². The molecule has 36 heavy (non-hydrogen) atoms. The molecule has 1 aliphatic rings. The lowest BCUT2D eigenvalue weighted by Crippen LogP contribution is -2.46. The number of rotatable bonds is 6. The molecule has 2 aromatic heterocycles. The highest BCUT2D eigenvalue weighted by atomic mass is 16.3. The van der Waals surface area contributed by atoms with E-state index in [4.69, 9.17) is 4.98 Å². The van der Waals surface area contributed by atoms with Crippen LogP contribution in [0.2, 0.25) is 0 Å². The van der Waals surface area contributed by atoms with Gasteiger partial charge in [-0.2, -0.15) is 5.10 Å². The monoisotopic (exact) mass is 491 g/mol. The van der Waals surface area contributed by atoms with Crippen LogP contribution >= 0.6 is 0 Å². The van der Waals surface area contributed by atoms with Crippen molar-refractivity contribution in [2.24, 2.45) is 0 Å². The summed E-state index contributed by atoms with van der Waals surface area (Å²) in [5.74, 6) is -0.198. The maximum Gasteiger partial charge on any atom is 0.259 e. The molecule has 4 rings (SSSR count). The van der Waals surface area contributed by atoms with E-state index in [1.165, 1.54) is 5.56 Å². The van der Waals surface area contributed by atoms with Gasteiger partial charge in [0.05, 0.1) is 40.6 Å². The van der Waals surface area contributed by atoms with Crippen LogP contribution in [0.15, 0.2) is 48.8 Å². The molecule has 0 atom stereocenters. The smallest absolute Gasteiger partial charge is 0.259 e. The summed E-state index contributed by atoms with van der Waals surface area (Å²) in [5.41, 5.74) is 4.44. The number of hydrogen-bond donors (Lipinski definition) is 2. The van der Waals surface area contributed by atoms with Gasteiger partial charge in [-0.25, -0.2) is 4.68 Å². The fourth-order valence-corrected chi connectivity index (χ4v) is 4.61. The molecule has 1 fully saturated rings. The third kappa shape index (κ3) is 6.59. The van der Waals surface area contributed by atoms with E-state index in [1.807, 2.05) is 77.9 Å². The number of β-amino-alcohol motifs (C(OH)–C–C–N with tert-alkyl or cyclic N) is 1. The largest absolute Gasteiger partial charge is 0.389 e. The molecule has 1 amide bonds. The van der Waals surface area contributed by atoms with Crippen molar-refractivity contribution in [1.29, 1.82) is 0 Å². The number of amides is 1. The van der Waals surface area contributed by atoms with Crippen LogP contribution in [0.25, 0.3) is 5.69 Å². The number of hydrogen-bond acceptors (Lipinski definition) is 5. The predicted molar refractivity (Wildman–Crippen MR) is 146 cm³/mol. The summed E-state index contributed by atoms with van der Waals surface area (Å²) in [4.78, 5) is 19.9. The summed E-state index contributed by atoms with van der Waals surface area (Å²) in [6.07, 6.45) is 5.31. The van der Waals surface area contributed by atoms with Crippen LogP contribution in [-0.2, 0) is 5.41 Å². The molecule has 0 bridgehead atoms. The number of anilines is 1. The fourth-order valence-electron chi connectivity index (χ4n) is 4.61. The van der Waals surface area contributed by atoms with Crippen LogP contribution in [0.3, 0.4) is 0 Å². The van der Waals surface area contributed by atoms with Gasteiger partial charge in [-0.3, -0.25) is 9.78 Å². The zero-order chi connectivity index (χ0) is 26.5. The maximum atomic E-state index is 12.9. The number of pyridine rings is 1. The number of nitrogens with one attached hydrogen (secondary N) is 1. The van der Waals surface area contributed by atoms with E-state index in [0.29, 0.717) is 17.8 Å². The van der Waals surface area contributed by atoms with Crippen molar-refractivity contribution in [1.82, 2.24) is 19.7 Å². The molecule has 0 radical (unpaired) electrons. The van der Waals surface area contributed by atoms with Crippen LogP contribution in [0.4, 0.5) is 5.69 Å². The number of carbonyl (C=O) groups excluding carboxylic acids is 1. The van der Waals surface area contributed by atoms with Crippen LogP contribution in [0.1, 0.15) is 74.8 Å². The highest BCUT2D eigenvalue weighted by molar-refractivity contribution is 6.04. The highest BCUT2D eigenvalue weighted by Crippen LogP contribution is 2.34. The Bertz CT molecular complexity index is 1140. The number of piperidine rings is 1. The van der Waals surface area contributed by atoms with Crippen molar-refractivity contribution >= 4 is 11.6 Å². The molecule has 1 saturated heterocycles. The van der Waals surface area contributed by atoms with Gasteiger partial charge in [0.2, 0.25) is 0 Å². The molecule has 3 heterocycles. The third-order valence-corrected chi connectivity index (χ3v) is 6.74. The Morgan fingerprint density at radius 2 is 1.69 bits per heavy atom. The zero-order valence-corrected chi connectivity index (χ0v) is 22.8. The van der Waals surface area contributed by atoms with Crippen molar-refractivity contribution in [3.05, 3.63) is 71.3 Å². The van der Waals surface area contributed by atoms with Crippen LogP contribution in [0.5, 0.6) is 0 Å². The first-order valence-electron chi connectivity index (χ1n) is 12.9. The number of aryl methyl sites for hydroxylation is 1. The quantitative estimate of drug-likeness (QED) is 0.490. The van der Waals surface area contributed by atoms with Gasteiger partial charge >= 0.3 is 0 Å². The summed E-state index contributed by atoms with van der Waals surface area (Å²) in [7, 11) is 0. The first-order chi connectivity index (χ1) is 17.0. The van der Waals surface area contributed by atoms with Gasteiger partial charge in [0.15, 0.2) is 0 Å². The van der Waals surface area contributed by atoms with E-state index in [2.05, 4.69) is 22.2 Å². The first-order valence-corrected chi connectivity index (χ1v) is 12.9. The number of likely N-dealkylation sites (tertiary alicyclic amines) is 1. The van der Waals surface area contributed by atoms with Crippen LogP contribution in [-0.4, -0.2) is 55.9 Å². The molecular weight excluding hydrogens is 450 g/mol. The minimum Gasteiger partial charge on any atom is -0.389 e. The van der Waals surface area contributed by atoms with Crippen LogP contribution in [0, 0.1) is 13.8 Å². The molecule has 2 N–H and O–H groups in total. The van der Waals surface area contributed by atoms with Gasteiger partial charge in [0.1, 0.15) is 0 Å². The molecular formula is C29H41N5O2. The summed E-state index contributed by atoms with van der Waals surface area (Å²) >= 11 is 0. The maximum absolute atomic E-state index is 12.9. The standard InChI is InChI=1S/C27H35N5O2.C2H6/c1-19-6-9-22(10-7-19)32-20(2)23(17-29-32)25(33)30-21-8-11-24(28-16-21)27(5)12-14-31(15-13-27)18-26(3,4)34;1-2/h6-11,16-17,34H,12-15,18H2,1-5H3,(H,30,33);1-2H3. The van der Waals surface area contributed by atoms with Crippen molar-refractivity contribution in [3.8, 4) is 5.69 Å². The summed E-state index contributed by atoms with van der Waals surface area (Å²) in [5, 5.41) is 17.5. The normalized spacial score (nSPS) is 15.7. The molecule has 1 aromatic carbocycles. The van der Waals surface area contributed by atoms with Gasteiger partial charge < -0.3 is 15.3 Å². The molecule has 0 saturated carbocycles. The summed E-state index contributed by atoms with van der Waals surface area (Å²) < 4.78 is 1.78. The van der Waals surface area contributed by atoms with Crippen molar-refractivity contribution in [2.45, 2.75) is 72.3 Å². The summed E-state index contributed by atoms with van der Waals surface area (Å²) in [6, 6.07) is 12.0. The van der Waals surface area contributed by atoms with E-state index in [9.17, 15) is 9.90 Å².